The third-order valence-corrected chi connectivity index (χ3v) is 8.42. The van der Waals surface area contributed by atoms with Crippen molar-refractivity contribution < 1.29 is 4.74 Å². The van der Waals surface area contributed by atoms with E-state index < -0.39 is 0 Å². The topological polar surface area (TPSA) is 27.1 Å². The van der Waals surface area contributed by atoms with E-state index in [0.29, 0.717) is 0 Å². The maximum absolute atomic E-state index is 6.38. The van der Waals surface area contributed by atoms with Crippen molar-refractivity contribution in [3.05, 3.63) is 146 Å². The number of ether oxygens (including phenoxy) is 1. The molecule has 3 heteroatoms. The number of benzene rings is 7. The molecule has 9 rings (SSSR count). The van der Waals surface area contributed by atoms with Crippen LogP contribution in [0.15, 0.2) is 146 Å². The highest BCUT2D eigenvalue weighted by Crippen LogP contribution is 2.49. The van der Waals surface area contributed by atoms with E-state index in [0.717, 1.165) is 50.6 Å². The quantitative estimate of drug-likeness (QED) is 0.225. The summed E-state index contributed by atoms with van der Waals surface area (Å²) in [5, 5.41) is 4.73. The minimum absolute atomic E-state index is 0.904. The molecule has 0 spiro atoms. The number of rotatable bonds is 3. The maximum Gasteiger partial charge on any atom is 0.145 e. The molecule has 0 amide bonds. The van der Waals surface area contributed by atoms with E-state index in [1.165, 1.54) is 32.8 Å². The van der Waals surface area contributed by atoms with Gasteiger partial charge in [-0.05, 0) is 57.8 Å². The van der Waals surface area contributed by atoms with Gasteiger partial charge in [0.2, 0.25) is 0 Å². The van der Waals surface area contributed by atoms with E-state index in [4.69, 9.17) is 9.72 Å². The van der Waals surface area contributed by atoms with E-state index in [1.54, 1.807) is 0 Å². The van der Waals surface area contributed by atoms with Gasteiger partial charge in [0.05, 0.1) is 16.7 Å². The molecule has 42 heavy (non-hydrogen) atoms. The summed E-state index contributed by atoms with van der Waals surface area (Å²) < 4.78 is 8.69. The fourth-order valence-electron chi connectivity index (χ4n) is 6.58. The Bertz CT molecular complexity index is 2330. The average molecular weight is 537 g/mol. The Morgan fingerprint density at radius 2 is 1.14 bits per heavy atom. The van der Waals surface area contributed by atoms with E-state index in [-0.39, 0.29) is 0 Å². The molecule has 2 heterocycles. The summed E-state index contributed by atoms with van der Waals surface area (Å²) in [7, 11) is 0. The second-order valence-electron chi connectivity index (χ2n) is 10.7. The van der Waals surface area contributed by atoms with Crippen molar-refractivity contribution in [2.45, 2.75) is 0 Å². The van der Waals surface area contributed by atoms with Crippen LogP contribution in [0.5, 0.6) is 11.5 Å². The van der Waals surface area contributed by atoms with Crippen molar-refractivity contribution >= 4 is 32.6 Å². The number of hydrogen-bond donors (Lipinski definition) is 0. The number of fused-ring (bicyclic) bond motifs is 4. The van der Waals surface area contributed by atoms with E-state index in [2.05, 4.69) is 132 Å². The highest BCUT2D eigenvalue weighted by Gasteiger charge is 2.22. The van der Waals surface area contributed by atoms with Crippen LogP contribution < -0.4 is 4.74 Å². The van der Waals surface area contributed by atoms with E-state index in [1.807, 2.05) is 18.2 Å². The van der Waals surface area contributed by atoms with Crippen LogP contribution in [-0.4, -0.2) is 9.55 Å². The van der Waals surface area contributed by atoms with Crippen molar-refractivity contribution in [1.82, 2.24) is 9.55 Å². The molecule has 0 radical (unpaired) electrons. The molecule has 0 aliphatic carbocycles. The molecule has 3 nitrogen and oxygen atoms in total. The van der Waals surface area contributed by atoms with Crippen LogP contribution in [0, 0.1) is 0 Å². The number of para-hydroxylation sites is 3. The minimum atomic E-state index is 0.904. The Morgan fingerprint density at radius 1 is 0.452 bits per heavy atom. The molecule has 0 unspecified atom stereocenters. The van der Waals surface area contributed by atoms with Gasteiger partial charge in [0.25, 0.3) is 0 Å². The van der Waals surface area contributed by atoms with Crippen molar-refractivity contribution in [1.29, 1.82) is 0 Å². The van der Waals surface area contributed by atoms with Gasteiger partial charge in [0.1, 0.15) is 17.3 Å². The zero-order chi connectivity index (χ0) is 27.6. The van der Waals surface area contributed by atoms with Gasteiger partial charge in [0, 0.05) is 21.9 Å². The molecule has 0 N–H and O–H groups in total. The first kappa shape index (κ1) is 23.1. The SMILES string of the molecule is c1ccc(-c2nc3ccccc3n2-c2ccc(-c3ccc4c5c(cccc35)-c3ccccc3O4)c3ccccc23)cc1. The average Bonchev–Trinajstić information content (AvgIpc) is 3.45. The second kappa shape index (κ2) is 8.92. The fraction of sp³-hybridized carbons (Fsp3) is 0. The van der Waals surface area contributed by atoms with Gasteiger partial charge >= 0.3 is 0 Å². The Labute approximate surface area is 242 Å². The zero-order valence-corrected chi connectivity index (χ0v) is 22.7. The molecule has 0 bridgehead atoms. The summed E-state index contributed by atoms with van der Waals surface area (Å²) in [6.45, 7) is 0. The fourth-order valence-corrected chi connectivity index (χ4v) is 6.58. The smallest absolute Gasteiger partial charge is 0.145 e. The Hall–Kier alpha value is -5.67. The first-order chi connectivity index (χ1) is 20.8. The van der Waals surface area contributed by atoms with Crippen molar-refractivity contribution in [2.24, 2.45) is 0 Å². The summed E-state index contributed by atoms with van der Waals surface area (Å²) in [4.78, 5) is 5.09. The normalized spacial score (nSPS) is 12.0. The molecular formula is C39H24N2O. The molecule has 1 aromatic heterocycles. The summed E-state index contributed by atoms with van der Waals surface area (Å²) in [5.41, 5.74) is 9.01. The standard InChI is InChI=1S/C39H24N2O/c1-2-11-25(12-3-1)39-40-33-18-7-8-19-35(33)41(39)34-23-21-27(26-13-4-5-14-29(26)34)28-22-24-37-38-31(28)16-10-17-32(38)30-15-6-9-20-36(30)42-37/h1-24H. The van der Waals surface area contributed by atoms with Crippen LogP contribution in [-0.2, 0) is 0 Å². The number of hydrogen-bond acceptors (Lipinski definition) is 2. The molecule has 196 valence electrons. The molecule has 1 aliphatic rings. The van der Waals surface area contributed by atoms with Gasteiger partial charge < -0.3 is 4.74 Å². The van der Waals surface area contributed by atoms with Crippen LogP contribution in [0.4, 0.5) is 0 Å². The van der Waals surface area contributed by atoms with Crippen molar-refractivity contribution in [3.63, 3.8) is 0 Å². The van der Waals surface area contributed by atoms with Gasteiger partial charge in [-0.2, -0.15) is 0 Å². The second-order valence-corrected chi connectivity index (χ2v) is 10.7. The maximum atomic E-state index is 6.38. The van der Waals surface area contributed by atoms with Crippen molar-refractivity contribution in [3.8, 4) is 50.8 Å². The van der Waals surface area contributed by atoms with Crippen LogP contribution in [0.25, 0.3) is 71.9 Å². The minimum Gasteiger partial charge on any atom is -0.456 e. The van der Waals surface area contributed by atoms with E-state index >= 15 is 0 Å². The molecular weight excluding hydrogens is 512 g/mol. The number of nitrogens with zero attached hydrogens (tertiary/aromatic N) is 2. The molecule has 7 aromatic carbocycles. The number of imidazole rings is 1. The number of aromatic nitrogens is 2. The molecule has 0 fully saturated rings. The molecule has 8 aromatic rings. The predicted molar refractivity (Wildman–Crippen MR) is 172 cm³/mol. The van der Waals surface area contributed by atoms with Gasteiger partial charge in [-0.25, -0.2) is 4.98 Å². The van der Waals surface area contributed by atoms with Gasteiger partial charge in [-0.1, -0.05) is 115 Å². The van der Waals surface area contributed by atoms with Crippen LogP contribution in [0.3, 0.4) is 0 Å². The highest BCUT2D eigenvalue weighted by molar-refractivity contribution is 6.13. The van der Waals surface area contributed by atoms with Crippen LogP contribution in [0.2, 0.25) is 0 Å². The van der Waals surface area contributed by atoms with Crippen LogP contribution >= 0.6 is 0 Å². The van der Waals surface area contributed by atoms with Gasteiger partial charge in [0.15, 0.2) is 0 Å². The Kier molecular flexibility index (Phi) is 4.90. The van der Waals surface area contributed by atoms with Crippen LogP contribution in [0.1, 0.15) is 0 Å². The lowest BCUT2D eigenvalue weighted by atomic mass is 9.89. The lowest BCUT2D eigenvalue weighted by molar-refractivity contribution is 0.487. The Morgan fingerprint density at radius 3 is 2.07 bits per heavy atom. The summed E-state index contributed by atoms with van der Waals surface area (Å²) >= 11 is 0. The summed E-state index contributed by atoms with van der Waals surface area (Å²) in [6.07, 6.45) is 0. The lowest BCUT2D eigenvalue weighted by Gasteiger charge is -2.23. The monoisotopic (exact) mass is 536 g/mol. The third-order valence-electron chi connectivity index (χ3n) is 8.42. The molecule has 0 saturated heterocycles. The van der Waals surface area contributed by atoms with E-state index in [9.17, 15) is 0 Å². The largest absolute Gasteiger partial charge is 0.456 e. The third kappa shape index (κ3) is 3.31. The predicted octanol–water partition coefficient (Wildman–Crippen LogP) is 10.4. The first-order valence-electron chi connectivity index (χ1n) is 14.2. The Balaban J connectivity index is 1.31. The van der Waals surface area contributed by atoms with Gasteiger partial charge in [-0.3, -0.25) is 4.57 Å². The highest BCUT2D eigenvalue weighted by atomic mass is 16.5. The summed E-state index contributed by atoms with van der Waals surface area (Å²) in [6, 6.07) is 51.2. The molecule has 1 aliphatic heterocycles. The first-order valence-corrected chi connectivity index (χ1v) is 14.2. The van der Waals surface area contributed by atoms with Gasteiger partial charge in [-0.15, -0.1) is 0 Å². The summed E-state index contributed by atoms with van der Waals surface area (Å²) in [5.74, 6) is 2.75. The molecule has 0 saturated carbocycles. The molecule has 0 atom stereocenters. The van der Waals surface area contributed by atoms with Crippen molar-refractivity contribution in [2.75, 3.05) is 0 Å². The zero-order valence-electron chi connectivity index (χ0n) is 22.7. The lowest BCUT2D eigenvalue weighted by Crippen LogP contribution is -2.00.